The molecule has 0 N–H and O–H groups in total. The molecular formula is C28H28ClF3N2O2S. The lowest BCUT2D eigenvalue weighted by molar-refractivity contribution is -0.127. The predicted octanol–water partition coefficient (Wildman–Crippen LogP) is 8.31. The Morgan fingerprint density at radius 3 is 2.14 bits per heavy atom. The SMILES string of the molecule is COc1ccc(Cl)cc1C(=O)N=C1CC(C(F)(F)F)S(c2ccccc2)(C(C)(C)C)N1c1ccccc1. The number of nitrogens with zero attached hydrogens (tertiary/aromatic N) is 2. The average molecular weight is 549 g/mol. The van der Waals surface area contributed by atoms with Gasteiger partial charge in [-0.3, -0.25) is 9.10 Å². The number of para-hydroxylation sites is 1. The number of anilines is 1. The van der Waals surface area contributed by atoms with Crippen molar-refractivity contribution in [3.05, 3.63) is 89.4 Å². The fourth-order valence-corrected chi connectivity index (χ4v) is 10.2. The van der Waals surface area contributed by atoms with Crippen molar-refractivity contribution in [3.63, 3.8) is 0 Å². The third-order valence-corrected chi connectivity index (χ3v) is 11.7. The van der Waals surface area contributed by atoms with E-state index in [2.05, 4.69) is 4.99 Å². The van der Waals surface area contributed by atoms with Gasteiger partial charge in [0, 0.05) is 21.1 Å². The van der Waals surface area contributed by atoms with Crippen molar-refractivity contribution in [3.8, 4) is 5.75 Å². The third-order valence-electron chi connectivity index (χ3n) is 6.32. The number of ether oxygens (including phenoxy) is 1. The Balaban J connectivity index is 2.04. The molecule has 1 aliphatic rings. The lowest BCUT2D eigenvalue weighted by Crippen LogP contribution is -2.45. The van der Waals surface area contributed by atoms with Crippen LogP contribution in [0.25, 0.3) is 0 Å². The van der Waals surface area contributed by atoms with Crippen LogP contribution in [0.1, 0.15) is 37.6 Å². The summed E-state index contributed by atoms with van der Waals surface area (Å²) in [7, 11) is -1.48. The maximum absolute atomic E-state index is 15.0. The van der Waals surface area contributed by atoms with Gasteiger partial charge in [0.1, 0.15) is 16.8 Å². The number of amides is 1. The van der Waals surface area contributed by atoms with Gasteiger partial charge in [0.2, 0.25) is 0 Å². The summed E-state index contributed by atoms with van der Waals surface area (Å²) in [4.78, 5) is 18.4. The van der Waals surface area contributed by atoms with Crippen LogP contribution in [0.4, 0.5) is 18.9 Å². The number of rotatable bonds is 4. The van der Waals surface area contributed by atoms with E-state index in [1.807, 2.05) is 20.8 Å². The lowest BCUT2D eigenvalue weighted by Gasteiger charge is -2.57. The quantitative estimate of drug-likeness (QED) is 0.329. The molecule has 1 saturated heterocycles. The van der Waals surface area contributed by atoms with Gasteiger partial charge in [0.25, 0.3) is 5.91 Å². The van der Waals surface area contributed by atoms with Crippen molar-refractivity contribution >= 4 is 39.2 Å². The molecule has 0 aromatic heterocycles. The minimum absolute atomic E-state index is 0.0642. The van der Waals surface area contributed by atoms with Crippen LogP contribution in [0.3, 0.4) is 0 Å². The molecule has 196 valence electrons. The zero-order valence-electron chi connectivity index (χ0n) is 20.9. The summed E-state index contributed by atoms with van der Waals surface area (Å²) < 4.78 is 51.1. The summed E-state index contributed by atoms with van der Waals surface area (Å²) >= 11 is 6.12. The topological polar surface area (TPSA) is 41.9 Å². The van der Waals surface area contributed by atoms with E-state index in [-0.39, 0.29) is 17.1 Å². The number of hydrogen-bond donors (Lipinski definition) is 0. The van der Waals surface area contributed by atoms with Crippen LogP contribution in [0, 0.1) is 0 Å². The summed E-state index contributed by atoms with van der Waals surface area (Å²) in [5.41, 5.74) is 0.634. The summed E-state index contributed by atoms with van der Waals surface area (Å²) in [6.07, 6.45) is -4.98. The van der Waals surface area contributed by atoms with E-state index < -0.39 is 38.7 Å². The van der Waals surface area contributed by atoms with E-state index in [1.54, 1.807) is 71.0 Å². The largest absolute Gasteiger partial charge is 0.496 e. The van der Waals surface area contributed by atoms with Crippen molar-refractivity contribution in [2.24, 2.45) is 4.99 Å². The molecule has 0 spiro atoms. The first-order chi connectivity index (χ1) is 17.4. The van der Waals surface area contributed by atoms with Crippen molar-refractivity contribution < 1.29 is 22.7 Å². The number of methoxy groups -OCH3 is 1. The second-order valence-electron chi connectivity index (χ2n) is 9.59. The summed E-state index contributed by atoms with van der Waals surface area (Å²) in [6.45, 7) is 5.48. The van der Waals surface area contributed by atoms with E-state index in [4.69, 9.17) is 16.3 Å². The summed E-state index contributed by atoms with van der Waals surface area (Å²) in [6, 6.07) is 22.2. The Morgan fingerprint density at radius 2 is 1.59 bits per heavy atom. The van der Waals surface area contributed by atoms with Crippen molar-refractivity contribution in [2.45, 2.75) is 48.3 Å². The van der Waals surface area contributed by atoms with Gasteiger partial charge >= 0.3 is 6.18 Å². The second kappa shape index (κ2) is 10.1. The highest BCUT2D eigenvalue weighted by atomic mass is 35.5. The highest BCUT2D eigenvalue weighted by Gasteiger charge is 2.64. The lowest BCUT2D eigenvalue weighted by atomic mass is 10.2. The number of carbonyl (C=O) groups excluding carboxylic acids is 1. The highest BCUT2D eigenvalue weighted by molar-refractivity contribution is 8.37. The molecule has 2 unspecified atom stereocenters. The van der Waals surface area contributed by atoms with Crippen molar-refractivity contribution in [1.29, 1.82) is 0 Å². The van der Waals surface area contributed by atoms with Crippen molar-refractivity contribution in [2.75, 3.05) is 11.4 Å². The molecule has 3 aromatic rings. The fourth-order valence-electron chi connectivity index (χ4n) is 4.92. The number of amidine groups is 1. The first-order valence-corrected chi connectivity index (χ1v) is 13.7. The van der Waals surface area contributed by atoms with Gasteiger partial charge in [0.15, 0.2) is 0 Å². The van der Waals surface area contributed by atoms with Crippen LogP contribution >= 0.6 is 21.8 Å². The Bertz CT molecular complexity index is 1310. The van der Waals surface area contributed by atoms with Crippen LogP contribution < -0.4 is 9.04 Å². The van der Waals surface area contributed by atoms with Crippen LogP contribution in [0.5, 0.6) is 5.75 Å². The van der Waals surface area contributed by atoms with E-state index in [1.165, 1.54) is 19.2 Å². The molecule has 1 aliphatic heterocycles. The van der Waals surface area contributed by atoms with E-state index in [0.717, 1.165) is 0 Å². The number of halogens is 4. The first-order valence-electron chi connectivity index (χ1n) is 11.7. The van der Waals surface area contributed by atoms with Crippen LogP contribution in [-0.2, 0) is 0 Å². The second-order valence-corrected chi connectivity index (χ2v) is 13.9. The zero-order valence-corrected chi connectivity index (χ0v) is 22.5. The van der Waals surface area contributed by atoms with Gasteiger partial charge in [0.05, 0.1) is 18.4 Å². The molecule has 9 heteroatoms. The van der Waals surface area contributed by atoms with E-state index in [9.17, 15) is 18.0 Å². The summed E-state index contributed by atoms with van der Waals surface area (Å²) in [5, 5.41) is -1.46. The molecular weight excluding hydrogens is 521 g/mol. The molecule has 4 nitrogen and oxygen atoms in total. The fraction of sp³-hybridized carbons (Fsp3) is 0.286. The van der Waals surface area contributed by atoms with Gasteiger partial charge in [-0.25, -0.2) is 0 Å². The summed E-state index contributed by atoms with van der Waals surface area (Å²) in [5.74, 6) is -0.407. The molecule has 1 fully saturated rings. The zero-order chi connectivity index (χ0) is 27.0. The molecule has 4 rings (SSSR count). The van der Waals surface area contributed by atoms with Gasteiger partial charge in [-0.15, -0.1) is 10.2 Å². The molecule has 0 aliphatic carbocycles. The maximum atomic E-state index is 15.0. The molecule has 2 atom stereocenters. The Hall–Kier alpha value is -2.97. The van der Waals surface area contributed by atoms with E-state index in [0.29, 0.717) is 15.6 Å². The van der Waals surface area contributed by atoms with Crippen LogP contribution in [0.15, 0.2) is 88.8 Å². The minimum atomic E-state index is -4.54. The number of alkyl halides is 3. The van der Waals surface area contributed by atoms with Gasteiger partial charge in [-0.05, 0) is 42.5 Å². The number of benzene rings is 3. The predicted molar refractivity (Wildman–Crippen MR) is 145 cm³/mol. The van der Waals surface area contributed by atoms with Crippen LogP contribution in [0.2, 0.25) is 5.02 Å². The number of aliphatic imine (C=N–C) groups is 1. The van der Waals surface area contributed by atoms with E-state index >= 15 is 0 Å². The molecule has 3 aromatic carbocycles. The standard InChI is InChI=1S/C28H28ClF3N2O2S/c1-27(2,3)37(21-13-9-6-10-14-21)24(28(30,31)32)18-25(34(37)20-11-7-5-8-12-20)33-26(35)22-17-19(29)15-16-23(22)36-4/h5-17,24H,18H2,1-4H3. The van der Waals surface area contributed by atoms with Gasteiger partial charge in [-0.1, -0.05) is 68.8 Å². The average Bonchev–Trinajstić information content (AvgIpc) is 3.21. The minimum Gasteiger partial charge on any atom is -0.496 e. The molecule has 37 heavy (non-hydrogen) atoms. The Morgan fingerprint density at radius 1 is 1.00 bits per heavy atom. The molecule has 0 radical (unpaired) electrons. The Labute approximate surface area is 221 Å². The maximum Gasteiger partial charge on any atom is 0.401 e. The molecule has 1 heterocycles. The van der Waals surface area contributed by atoms with Gasteiger partial charge < -0.3 is 4.74 Å². The van der Waals surface area contributed by atoms with Crippen LogP contribution in [-0.4, -0.2) is 35.0 Å². The molecule has 0 bridgehead atoms. The Kier molecular flexibility index (Phi) is 7.36. The monoisotopic (exact) mass is 548 g/mol. The van der Waals surface area contributed by atoms with Gasteiger partial charge in [-0.2, -0.15) is 18.2 Å². The number of carbonyl (C=O) groups is 1. The number of hydrogen-bond acceptors (Lipinski definition) is 2. The first kappa shape index (κ1) is 27.1. The molecule has 1 amide bonds. The normalized spacial score (nSPS) is 23.1. The molecule has 0 saturated carbocycles. The third kappa shape index (κ3) is 4.84. The highest BCUT2D eigenvalue weighted by Crippen LogP contribution is 2.77. The smallest absolute Gasteiger partial charge is 0.401 e. The van der Waals surface area contributed by atoms with Crippen molar-refractivity contribution in [1.82, 2.24) is 0 Å².